The Bertz CT molecular complexity index is 200. The fourth-order valence-corrected chi connectivity index (χ4v) is 1.70. The average molecular weight is 321 g/mol. The number of carbonyl (C=O) groups is 2. The number of hydrogen-bond donors (Lipinski definition) is 1. The van der Waals surface area contributed by atoms with Crippen molar-refractivity contribution in [2.24, 2.45) is 0 Å². The molecule has 0 saturated carbocycles. The van der Waals surface area contributed by atoms with Crippen molar-refractivity contribution >= 4 is 34.5 Å². The molecule has 0 spiro atoms. The fraction of sp³-hybridized carbons (Fsp3) is 0.600. The van der Waals surface area contributed by atoms with Gasteiger partial charge in [0.1, 0.15) is 0 Å². The molecule has 0 heterocycles. The van der Waals surface area contributed by atoms with Crippen LogP contribution in [0.4, 0.5) is 0 Å². The Balaban J connectivity index is 0. The Morgan fingerprint density at radius 2 is 1.93 bits per heavy atom. The average Bonchev–Trinajstić information content (AvgIpc) is 2.17. The van der Waals surface area contributed by atoms with Crippen molar-refractivity contribution in [1.82, 2.24) is 0 Å². The predicted molar refractivity (Wildman–Crippen MR) is 60.3 cm³/mol. The third-order valence-electron chi connectivity index (χ3n) is 1.21. The summed E-state index contributed by atoms with van der Waals surface area (Å²) in [5.74, 6) is -1.79. The number of rotatable bonds is 5. The molecule has 2 radical (unpaired) electrons. The van der Waals surface area contributed by atoms with Gasteiger partial charge in [0.15, 0.2) is 0 Å². The molecule has 0 rings (SSSR count). The zero-order valence-corrected chi connectivity index (χ0v) is 12.5. The maximum Gasteiger partial charge on any atom is 0.330 e. The predicted octanol–water partition coefficient (Wildman–Crippen LogP) is 1.30. The number of esters is 1. The molecule has 5 heteroatoms. The van der Waals surface area contributed by atoms with E-state index in [2.05, 4.69) is 11.7 Å². The first-order chi connectivity index (χ1) is 7.08. The summed E-state index contributed by atoms with van der Waals surface area (Å²) in [5, 5.41) is 8.04. The Morgan fingerprint density at radius 1 is 1.33 bits per heavy atom. The zero-order valence-electron chi connectivity index (χ0n) is 9.23. The monoisotopic (exact) mass is 322 g/mol. The molecule has 0 aromatic carbocycles. The van der Waals surface area contributed by atoms with Crippen LogP contribution in [0, 0.1) is 0 Å². The number of ether oxygens (including phenoxy) is 1. The van der Waals surface area contributed by atoms with Gasteiger partial charge in [0.05, 0.1) is 6.61 Å². The standard InChI is InChI=1S/C6H8O4.C4H9.Sn.H/c1-2-10-6(9)4-3-5(7)8;1-3-4-2;;/h3-4H,2H2,1H3,(H,7,8);1,3-4H2,2H3;;/b4-3-;;;. The first kappa shape index (κ1) is 16.9. The molecular weight excluding hydrogens is 303 g/mol. The van der Waals surface area contributed by atoms with Gasteiger partial charge in [-0.1, -0.05) is 0 Å². The SMILES string of the molecule is CCC[CH2][SnH].CCOC(=O)/C=C\C(=O)O. The molecule has 0 aromatic heterocycles. The van der Waals surface area contributed by atoms with Crippen LogP contribution >= 0.6 is 0 Å². The summed E-state index contributed by atoms with van der Waals surface area (Å²) in [6.45, 7) is 4.13. The molecule has 0 atom stereocenters. The number of hydrogen-bond acceptors (Lipinski definition) is 3. The number of carbonyl (C=O) groups excluding carboxylic acids is 1. The summed E-state index contributed by atoms with van der Waals surface area (Å²) in [4.78, 5) is 20.2. The summed E-state index contributed by atoms with van der Waals surface area (Å²) in [6, 6.07) is 0. The molecule has 15 heavy (non-hydrogen) atoms. The van der Waals surface area contributed by atoms with Gasteiger partial charge in [0, 0.05) is 12.2 Å². The second kappa shape index (κ2) is 13.5. The first-order valence-electron chi connectivity index (χ1n) is 4.86. The van der Waals surface area contributed by atoms with Gasteiger partial charge < -0.3 is 9.84 Å². The molecular formula is C10H18O4Sn. The van der Waals surface area contributed by atoms with Crippen LogP contribution in [0.15, 0.2) is 12.2 Å². The van der Waals surface area contributed by atoms with Crippen LogP contribution in [0.3, 0.4) is 0 Å². The van der Waals surface area contributed by atoms with Crippen LogP contribution in [0.2, 0.25) is 4.44 Å². The molecule has 0 aromatic rings. The molecule has 0 bridgehead atoms. The smallest absolute Gasteiger partial charge is 0.330 e. The van der Waals surface area contributed by atoms with Crippen molar-refractivity contribution in [2.45, 2.75) is 31.1 Å². The van der Waals surface area contributed by atoms with E-state index in [-0.39, 0.29) is 6.61 Å². The fourth-order valence-electron chi connectivity index (χ4n) is 0.534. The van der Waals surface area contributed by atoms with E-state index in [0.717, 1.165) is 12.2 Å². The molecule has 4 nitrogen and oxygen atoms in total. The topological polar surface area (TPSA) is 63.6 Å². The van der Waals surface area contributed by atoms with Crippen molar-refractivity contribution < 1.29 is 19.4 Å². The molecule has 0 unspecified atom stereocenters. The molecule has 0 aliphatic rings. The quantitative estimate of drug-likeness (QED) is 0.471. The minimum Gasteiger partial charge on any atom is -0.478 e. The van der Waals surface area contributed by atoms with Crippen molar-refractivity contribution in [1.29, 1.82) is 0 Å². The summed E-state index contributed by atoms with van der Waals surface area (Å²) in [7, 11) is 0. The summed E-state index contributed by atoms with van der Waals surface area (Å²) in [5.41, 5.74) is 0. The molecule has 0 amide bonds. The van der Waals surface area contributed by atoms with Crippen molar-refractivity contribution in [3.63, 3.8) is 0 Å². The minimum atomic E-state index is -1.16. The first-order valence-corrected chi connectivity index (χ1v) is 7.19. The summed E-state index contributed by atoms with van der Waals surface area (Å²) in [6.07, 6.45) is 4.42. The molecule has 0 aliphatic carbocycles. The molecule has 0 fully saturated rings. The van der Waals surface area contributed by atoms with Gasteiger partial charge >= 0.3 is 58.7 Å². The third kappa shape index (κ3) is 19.8. The number of aliphatic carboxylic acids is 1. The van der Waals surface area contributed by atoms with E-state index >= 15 is 0 Å². The molecule has 1 N–H and O–H groups in total. The molecule has 0 aliphatic heterocycles. The molecule has 0 saturated heterocycles. The summed E-state index contributed by atoms with van der Waals surface area (Å²) >= 11 is 1.45. The third-order valence-corrected chi connectivity index (χ3v) is 2.37. The van der Waals surface area contributed by atoms with Gasteiger partial charge in [-0.05, 0) is 6.92 Å². The normalized spacial score (nSPS) is 9.27. The van der Waals surface area contributed by atoms with E-state index in [4.69, 9.17) is 5.11 Å². The second-order valence-electron chi connectivity index (χ2n) is 2.57. The minimum absolute atomic E-state index is 0.253. The van der Waals surface area contributed by atoms with Gasteiger partial charge in [-0.2, -0.15) is 0 Å². The molecule has 86 valence electrons. The van der Waals surface area contributed by atoms with Crippen LogP contribution in [0.5, 0.6) is 0 Å². The van der Waals surface area contributed by atoms with Crippen LogP contribution in [-0.4, -0.2) is 46.2 Å². The van der Waals surface area contributed by atoms with Gasteiger partial charge in [-0.3, -0.25) is 0 Å². The number of carboxylic acid groups (broad SMARTS) is 1. The number of unbranched alkanes of at least 4 members (excludes halogenated alkanes) is 1. The second-order valence-corrected chi connectivity index (χ2v) is 4.21. The van der Waals surface area contributed by atoms with Gasteiger partial charge in [-0.15, -0.1) is 0 Å². The van der Waals surface area contributed by atoms with Crippen molar-refractivity contribution in [2.75, 3.05) is 6.61 Å². The van der Waals surface area contributed by atoms with Crippen LogP contribution in [0.25, 0.3) is 0 Å². The number of carboxylic acids is 1. The van der Waals surface area contributed by atoms with Crippen molar-refractivity contribution in [3.8, 4) is 0 Å². The van der Waals surface area contributed by atoms with Crippen molar-refractivity contribution in [3.05, 3.63) is 12.2 Å². The van der Waals surface area contributed by atoms with E-state index < -0.39 is 11.9 Å². The van der Waals surface area contributed by atoms with E-state index in [0.29, 0.717) is 0 Å². The summed E-state index contributed by atoms with van der Waals surface area (Å²) < 4.78 is 5.88. The van der Waals surface area contributed by atoms with E-state index in [1.807, 2.05) is 0 Å². The van der Waals surface area contributed by atoms with Crippen LogP contribution in [-0.2, 0) is 14.3 Å². The van der Waals surface area contributed by atoms with Gasteiger partial charge in [0.25, 0.3) is 0 Å². The largest absolute Gasteiger partial charge is 0.478 e. The Kier molecular flexibility index (Phi) is 15.2. The van der Waals surface area contributed by atoms with Crippen LogP contribution in [0.1, 0.15) is 26.7 Å². The van der Waals surface area contributed by atoms with E-state index in [1.165, 1.54) is 39.8 Å². The Labute approximate surface area is 104 Å². The zero-order chi connectivity index (χ0) is 12.1. The van der Waals surface area contributed by atoms with Crippen LogP contribution < -0.4 is 0 Å². The van der Waals surface area contributed by atoms with E-state index in [1.54, 1.807) is 6.92 Å². The maximum atomic E-state index is 10.4. The van der Waals surface area contributed by atoms with Gasteiger partial charge in [-0.25, -0.2) is 9.59 Å². The Morgan fingerprint density at radius 3 is 2.20 bits per heavy atom. The Hall–Kier alpha value is -0.521. The van der Waals surface area contributed by atoms with E-state index in [9.17, 15) is 9.59 Å². The van der Waals surface area contributed by atoms with Gasteiger partial charge in [0.2, 0.25) is 0 Å². The maximum absolute atomic E-state index is 10.4.